The molecule has 0 aromatic heterocycles. The molecule has 1 saturated heterocycles. The number of thiocarbonyl (C=S) groups is 1. The van der Waals surface area contributed by atoms with Crippen LogP contribution in [0.25, 0.3) is 0 Å². The molecule has 0 amide bonds. The molecule has 0 aromatic rings. The summed E-state index contributed by atoms with van der Waals surface area (Å²) < 4.78 is 22.8. The zero-order chi connectivity index (χ0) is 17.7. The Hall–Kier alpha value is -0.360. The van der Waals surface area contributed by atoms with Gasteiger partial charge in [-0.2, -0.15) is 0 Å². The fraction of sp³-hybridized carbons (Fsp3) is 0.944. The van der Waals surface area contributed by atoms with Gasteiger partial charge in [0.1, 0.15) is 0 Å². The Kier molecular flexibility index (Phi) is 11.7. The fourth-order valence-electron chi connectivity index (χ4n) is 3.15. The second-order valence-electron chi connectivity index (χ2n) is 7.09. The molecule has 1 aliphatic rings. The van der Waals surface area contributed by atoms with Crippen LogP contribution in [0.1, 0.15) is 77.6 Å². The quantitative estimate of drug-likeness (QED) is 0.378. The molecular formula is C18H36N2O2S2. The summed E-state index contributed by atoms with van der Waals surface area (Å²) in [5.74, 6) is 0.853. The lowest BCUT2D eigenvalue weighted by molar-refractivity contribution is 0.551. The van der Waals surface area contributed by atoms with Crippen molar-refractivity contribution in [3.05, 3.63) is 0 Å². The Labute approximate surface area is 154 Å². The van der Waals surface area contributed by atoms with E-state index in [1.165, 1.54) is 57.8 Å². The Morgan fingerprint density at radius 1 is 0.958 bits per heavy atom. The normalized spacial score (nSPS) is 19.3. The van der Waals surface area contributed by atoms with Crippen LogP contribution in [0.15, 0.2) is 0 Å². The highest BCUT2D eigenvalue weighted by Crippen LogP contribution is 2.17. The summed E-state index contributed by atoms with van der Waals surface area (Å²) in [5, 5.41) is 7.04. The van der Waals surface area contributed by atoms with Gasteiger partial charge in [0.05, 0.1) is 11.5 Å². The van der Waals surface area contributed by atoms with Crippen molar-refractivity contribution in [2.24, 2.45) is 5.92 Å². The Morgan fingerprint density at radius 3 is 2.08 bits per heavy atom. The minimum atomic E-state index is -2.79. The minimum Gasteiger partial charge on any atom is -0.363 e. The second-order valence-corrected chi connectivity index (χ2v) is 9.72. The van der Waals surface area contributed by atoms with E-state index in [2.05, 4.69) is 17.6 Å². The van der Waals surface area contributed by atoms with Crippen molar-refractivity contribution in [1.82, 2.24) is 10.6 Å². The molecule has 0 radical (unpaired) electrons. The van der Waals surface area contributed by atoms with Gasteiger partial charge < -0.3 is 10.6 Å². The van der Waals surface area contributed by atoms with E-state index < -0.39 is 9.84 Å². The predicted octanol–water partition coefficient (Wildman–Crippen LogP) is 3.81. The van der Waals surface area contributed by atoms with Gasteiger partial charge in [0.15, 0.2) is 14.9 Å². The van der Waals surface area contributed by atoms with E-state index in [9.17, 15) is 8.42 Å². The van der Waals surface area contributed by atoms with Gasteiger partial charge in [-0.3, -0.25) is 0 Å². The summed E-state index contributed by atoms with van der Waals surface area (Å²) in [6.07, 6.45) is 14.1. The molecule has 1 heterocycles. The summed E-state index contributed by atoms with van der Waals surface area (Å²) in [6, 6.07) is 0. The molecule has 1 atom stereocenters. The maximum atomic E-state index is 11.4. The first-order valence-electron chi connectivity index (χ1n) is 9.75. The molecule has 6 heteroatoms. The summed E-state index contributed by atoms with van der Waals surface area (Å²) in [6.45, 7) is 3.84. The summed E-state index contributed by atoms with van der Waals surface area (Å²) in [7, 11) is -2.79. The molecule has 0 saturated carbocycles. The van der Waals surface area contributed by atoms with Crippen LogP contribution in [0.2, 0.25) is 0 Å². The van der Waals surface area contributed by atoms with E-state index in [0.717, 1.165) is 19.4 Å². The molecule has 24 heavy (non-hydrogen) atoms. The second kappa shape index (κ2) is 12.9. The van der Waals surface area contributed by atoms with Crippen LogP contribution < -0.4 is 10.6 Å². The Morgan fingerprint density at radius 2 is 1.54 bits per heavy atom. The van der Waals surface area contributed by atoms with E-state index in [0.29, 0.717) is 23.2 Å². The minimum absolute atomic E-state index is 0.215. The van der Waals surface area contributed by atoms with E-state index in [4.69, 9.17) is 12.2 Å². The molecule has 1 rings (SSSR count). The third kappa shape index (κ3) is 11.2. The van der Waals surface area contributed by atoms with Gasteiger partial charge in [-0.15, -0.1) is 0 Å². The van der Waals surface area contributed by atoms with Gasteiger partial charge in [0, 0.05) is 13.1 Å². The number of rotatable bonds is 13. The number of hydrogen-bond donors (Lipinski definition) is 2. The molecule has 1 fully saturated rings. The zero-order valence-corrected chi connectivity index (χ0v) is 16.9. The van der Waals surface area contributed by atoms with E-state index in [1.807, 2.05) is 0 Å². The molecule has 1 aliphatic heterocycles. The number of sulfone groups is 1. The molecule has 0 bridgehead atoms. The van der Waals surface area contributed by atoms with Gasteiger partial charge in [0.2, 0.25) is 0 Å². The average molecular weight is 377 g/mol. The van der Waals surface area contributed by atoms with Crippen molar-refractivity contribution < 1.29 is 8.42 Å². The van der Waals surface area contributed by atoms with Crippen molar-refractivity contribution in [2.75, 3.05) is 24.6 Å². The maximum Gasteiger partial charge on any atom is 0.166 e. The van der Waals surface area contributed by atoms with Crippen molar-refractivity contribution in [1.29, 1.82) is 0 Å². The molecule has 1 unspecified atom stereocenters. The lowest BCUT2D eigenvalue weighted by Gasteiger charge is -2.13. The van der Waals surface area contributed by atoms with Gasteiger partial charge >= 0.3 is 0 Å². The van der Waals surface area contributed by atoms with Crippen LogP contribution in [0.4, 0.5) is 0 Å². The first-order valence-corrected chi connectivity index (χ1v) is 12.0. The van der Waals surface area contributed by atoms with Gasteiger partial charge in [-0.05, 0) is 31.0 Å². The fourth-order valence-corrected chi connectivity index (χ4v) is 5.19. The molecule has 0 aliphatic carbocycles. The molecule has 142 valence electrons. The lowest BCUT2D eigenvalue weighted by atomic mass is 10.1. The van der Waals surface area contributed by atoms with Crippen LogP contribution >= 0.6 is 12.2 Å². The van der Waals surface area contributed by atoms with Crippen LogP contribution in [-0.4, -0.2) is 38.1 Å². The highest BCUT2D eigenvalue weighted by atomic mass is 32.2. The van der Waals surface area contributed by atoms with Crippen molar-refractivity contribution in [2.45, 2.75) is 77.6 Å². The SMILES string of the molecule is CCCCCCCCCCCCNC(=S)NCC1CCS(=O)(=O)C1. The number of nitrogens with one attached hydrogen (secondary N) is 2. The topological polar surface area (TPSA) is 58.2 Å². The van der Waals surface area contributed by atoms with Crippen LogP contribution in [0.3, 0.4) is 0 Å². The molecular weight excluding hydrogens is 340 g/mol. The van der Waals surface area contributed by atoms with Crippen LogP contribution in [0, 0.1) is 5.92 Å². The lowest BCUT2D eigenvalue weighted by Crippen LogP contribution is -2.38. The Balaban J connectivity index is 1.84. The summed E-state index contributed by atoms with van der Waals surface area (Å²) in [5.41, 5.74) is 0. The maximum absolute atomic E-state index is 11.4. The van der Waals surface area contributed by atoms with Crippen molar-refractivity contribution in [3.63, 3.8) is 0 Å². The van der Waals surface area contributed by atoms with Gasteiger partial charge in [-0.1, -0.05) is 64.7 Å². The third-order valence-electron chi connectivity index (χ3n) is 4.69. The zero-order valence-electron chi connectivity index (χ0n) is 15.3. The first kappa shape index (κ1) is 21.7. The van der Waals surface area contributed by atoms with Gasteiger partial charge in [0.25, 0.3) is 0 Å². The average Bonchev–Trinajstić information content (AvgIpc) is 2.90. The standard InChI is InChI=1S/C18H36N2O2S2/c1-2-3-4-5-6-7-8-9-10-11-13-19-18(23)20-15-17-12-14-24(21,22)16-17/h17H,2-16H2,1H3,(H2,19,20,23). The first-order chi connectivity index (χ1) is 11.5. The molecule has 4 nitrogen and oxygen atoms in total. The van der Waals surface area contributed by atoms with E-state index >= 15 is 0 Å². The number of hydrogen-bond acceptors (Lipinski definition) is 3. The van der Waals surface area contributed by atoms with Crippen LogP contribution in [0.5, 0.6) is 0 Å². The van der Waals surface area contributed by atoms with Crippen molar-refractivity contribution >= 4 is 27.2 Å². The smallest absolute Gasteiger partial charge is 0.166 e. The van der Waals surface area contributed by atoms with Crippen LogP contribution in [-0.2, 0) is 9.84 Å². The highest BCUT2D eigenvalue weighted by molar-refractivity contribution is 7.91. The van der Waals surface area contributed by atoms with E-state index in [-0.39, 0.29) is 5.92 Å². The molecule has 0 aromatic carbocycles. The Bertz CT molecular complexity index is 438. The molecule has 2 N–H and O–H groups in total. The van der Waals surface area contributed by atoms with E-state index in [1.54, 1.807) is 0 Å². The summed E-state index contributed by atoms with van der Waals surface area (Å²) >= 11 is 5.24. The summed E-state index contributed by atoms with van der Waals surface area (Å²) in [4.78, 5) is 0. The molecule has 0 spiro atoms. The number of unbranched alkanes of at least 4 members (excludes halogenated alkanes) is 9. The van der Waals surface area contributed by atoms with Crippen molar-refractivity contribution in [3.8, 4) is 0 Å². The van der Waals surface area contributed by atoms with Gasteiger partial charge in [-0.25, -0.2) is 8.42 Å². The largest absolute Gasteiger partial charge is 0.363 e. The highest BCUT2D eigenvalue weighted by Gasteiger charge is 2.27. The predicted molar refractivity (Wildman–Crippen MR) is 107 cm³/mol. The third-order valence-corrected chi connectivity index (χ3v) is 6.82. The monoisotopic (exact) mass is 376 g/mol.